The Hall–Kier alpha value is -2.94. The molecule has 1 aliphatic rings. The molecule has 0 bridgehead atoms. The molecule has 0 spiro atoms. The highest BCUT2D eigenvalue weighted by atomic mass is 19.4. The van der Waals surface area contributed by atoms with Crippen molar-refractivity contribution in [2.75, 3.05) is 32.1 Å². The fourth-order valence-electron chi connectivity index (χ4n) is 3.63. The Morgan fingerprint density at radius 3 is 2.78 bits per heavy atom. The molecule has 1 saturated heterocycles. The van der Waals surface area contributed by atoms with Gasteiger partial charge in [-0.25, -0.2) is 14.2 Å². The summed E-state index contributed by atoms with van der Waals surface area (Å²) >= 11 is 0. The monoisotopic (exact) mass is 451 g/mol. The third-order valence-corrected chi connectivity index (χ3v) is 5.28. The number of aromatic nitrogens is 1. The van der Waals surface area contributed by atoms with E-state index in [-0.39, 0.29) is 29.9 Å². The number of anilines is 1. The molecule has 0 amide bonds. The van der Waals surface area contributed by atoms with E-state index >= 15 is 0 Å². The smallest absolute Gasteiger partial charge is 0.417 e. The maximum Gasteiger partial charge on any atom is 0.417 e. The molecule has 2 aromatic rings. The number of esters is 1. The summed E-state index contributed by atoms with van der Waals surface area (Å²) in [4.78, 5) is 17.6. The fraction of sp³-hybridized carbons (Fsp3) is 0.391. The number of rotatable bonds is 6. The van der Waals surface area contributed by atoms with Gasteiger partial charge in [-0.1, -0.05) is 18.7 Å². The van der Waals surface area contributed by atoms with Crippen LogP contribution >= 0.6 is 0 Å². The minimum absolute atomic E-state index is 0.125. The number of nitrogens with one attached hydrogen (secondary N) is 1. The summed E-state index contributed by atoms with van der Waals surface area (Å²) in [5, 5.41) is 3.81. The summed E-state index contributed by atoms with van der Waals surface area (Å²) in [7, 11) is 1.84. The maximum absolute atomic E-state index is 14.6. The van der Waals surface area contributed by atoms with Gasteiger partial charge in [0.1, 0.15) is 6.17 Å². The van der Waals surface area contributed by atoms with Gasteiger partial charge in [-0.15, -0.1) is 0 Å². The molecular weight excluding hydrogens is 426 g/mol. The summed E-state index contributed by atoms with van der Waals surface area (Å²) in [6.45, 7) is 5.97. The number of alkyl halides is 4. The van der Waals surface area contributed by atoms with Crippen LogP contribution in [0.4, 0.5) is 23.2 Å². The first-order valence-electron chi connectivity index (χ1n) is 10.2. The van der Waals surface area contributed by atoms with Crippen LogP contribution in [0, 0.1) is 0 Å². The van der Waals surface area contributed by atoms with Crippen molar-refractivity contribution in [3.05, 3.63) is 48.3 Å². The number of nitrogens with zero attached hydrogens (tertiary/aromatic N) is 2. The van der Waals surface area contributed by atoms with E-state index in [1.165, 1.54) is 12.1 Å². The number of halogens is 4. The zero-order valence-electron chi connectivity index (χ0n) is 17.9. The second-order valence-electron chi connectivity index (χ2n) is 7.68. The molecule has 0 aliphatic carbocycles. The molecule has 2 heterocycles. The first kappa shape index (κ1) is 23.7. The zero-order chi connectivity index (χ0) is 23.5. The SMILES string of the molecule is C=C(c1nc(/C=C/C(=O)OCC)cc2c(N[C@@H]3CCN(C)C[C@@H]3F)cccc12)C(F)(F)F. The van der Waals surface area contributed by atoms with Crippen molar-refractivity contribution in [2.24, 2.45) is 0 Å². The van der Waals surface area contributed by atoms with E-state index in [2.05, 4.69) is 16.9 Å². The van der Waals surface area contributed by atoms with Gasteiger partial charge in [0.2, 0.25) is 0 Å². The van der Waals surface area contributed by atoms with Gasteiger partial charge in [0, 0.05) is 35.6 Å². The number of hydrogen-bond acceptors (Lipinski definition) is 5. The Morgan fingerprint density at radius 2 is 2.12 bits per heavy atom. The van der Waals surface area contributed by atoms with E-state index in [1.54, 1.807) is 25.1 Å². The predicted octanol–water partition coefficient (Wildman–Crippen LogP) is 4.84. The van der Waals surface area contributed by atoms with Crippen molar-refractivity contribution in [1.82, 2.24) is 9.88 Å². The van der Waals surface area contributed by atoms with Crippen LogP contribution in [0.5, 0.6) is 0 Å². The number of ether oxygens (including phenoxy) is 1. The number of piperidine rings is 1. The van der Waals surface area contributed by atoms with Gasteiger partial charge in [0.25, 0.3) is 0 Å². The van der Waals surface area contributed by atoms with E-state index in [1.807, 2.05) is 11.9 Å². The lowest BCUT2D eigenvalue weighted by atomic mass is 9.99. The number of carbonyl (C=O) groups is 1. The Balaban J connectivity index is 2.08. The van der Waals surface area contributed by atoms with Gasteiger partial charge in [0.05, 0.1) is 29.6 Å². The van der Waals surface area contributed by atoms with E-state index in [9.17, 15) is 22.4 Å². The Kier molecular flexibility index (Phi) is 7.18. The van der Waals surface area contributed by atoms with Gasteiger partial charge < -0.3 is 15.0 Å². The Bertz CT molecular complexity index is 1040. The average Bonchev–Trinajstić information content (AvgIpc) is 2.73. The maximum atomic E-state index is 14.6. The van der Waals surface area contributed by atoms with Gasteiger partial charge in [0.15, 0.2) is 0 Å². The zero-order valence-corrected chi connectivity index (χ0v) is 17.9. The number of carbonyl (C=O) groups excluding carboxylic acids is 1. The minimum atomic E-state index is -4.69. The van der Waals surface area contributed by atoms with Gasteiger partial charge in [-0.3, -0.25) is 0 Å². The normalized spacial score (nSPS) is 19.9. The number of allylic oxidation sites excluding steroid dienone is 1. The lowest BCUT2D eigenvalue weighted by Crippen LogP contribution is -2.46. The Morgan fingerprint density at radius 1 is 1.38 bits per heavy atom. The minimum Gasteiger partial charge on any atom is -0.463 e. The summed E-state index contributed by atoms with van der Waals surface area (Å²) in [6.07, 6.45) is -2.88. The van der Waals surface area contributed by atoms with Gasteiger partial charge in [-0.2, -0.15) is 13.2 Å². The molecule has 1 aliphatic heterocycles. The van der Waals surface area contributed by atoms with Crippen molar-refractivity contribution in [1.29, 1.82) is 0 Å². The van der Waals surface area contributed by atoms with Crippen LogP contribution in [-0.4, -0.2) is 61.0 Å². The largest absolute Gasteiger partial charge is 0.463 e. The first-order valence-corrected chi connectivity index (χ1v) is 10.2. The van der Waals surface area contributed by atoms with Crippen molar-refractivity contribution in [2.45, 2.75) is 31.7 Å². The average molecular weight is 451 g/mol. The van der Waals surface area contributed by atoms with Crippen molar-refractivity contribution in [3.63, 3.8) is 0 Å². The number of benzene rings is 1. The predicted molar refractivity (Wildman–Crippen MR) is 117 cm³/mol. The highest BCUT2D eigenvalue weighted by molar-refractivity contribution is 6.01. The quantitative estimate of drug-likeness (QED) is 0.387. The highest BCUT2D eigenvalue weighted by Crippen LogP contribution is 2.37. The van der Waals surface area contributed by atoms with E-state index < -0.39 is 29.9 Å². The molecule has 9 heteroatoms. The first-order chi connectivity index (χ1) is 15.1. The van der Waals surface area contributed by atoms with E-state index in [0.717, 1.165) is 6.08 Å². The van der Waals surface area contributed by atoms with Crippen LogP contribution in [0.15, 0.2) is 36.9 Å². The van der Waals surface area contributed by atoms with Crippen LogP contribution in [0.1, 0.15) is 24.7 Å². The van der Waals surface area contributed by atoms with Crippen LogP contribution < -0.4 is 5.32 Å². The molecule has 5 nitrogen and oxygen atoms in total. The fourth-order valence-corrected chi connectivity index (χ4v) is 3.63. The number of fused-ring (bicyclic) bond motifs is 1. The number of likely N-dealkylation sites (tertiary alicyclic amines) is 1. The standard InChI is InChI=1S/C23H25F4N3O2/c1-4-32-21(31)9-8-15-12-17-16(22(28-15)14(2)23(25,26)27)6-5-7-19(17)29-20-10-11-30(3)13-18(20)24/h5-9,12,18,20,29H,2,4,10-11,13H2,1,3H3/b9-8+/t18-,20+/m0/s1. The molecule has 172 valence electrons. The van der Waals surface area contributed by atoms with Crippen molar-refractivity contribution < 1.29 is 27.1 Å². The van der Waals surface area contributed by atoms with Crippen molar-refractivity contribution in [3.8, 4) is 0 Å². The molecule has 1 aromatic carbocycles. The molecule has 1 N–H and O–H groups in total. The summed E-state index contributed by atoms with van der Waals surface area (Å²) in [5.41, 5.74) is -0.833. The summed E-state index contributed by atoms with van der Waals surface area (Å²) in [6, 6.07) is 5.88. The molecule has 0 unspecified atom stereocenters. The van der Waals surface area contributed by atoms with E-state index in [0.29, 0.717) is 24.0 Å². The summed E-state index contributed by atoms with van der Waals surface area (Å²) in [5.74, 6) is -0.636. The number of pyridine rings is 1. The summed E-state index contributed by atoms with van der Waals surface area (Å²) < 4.78 is 59.8. The highest BCUT2D eigenvalue weighted by Gasteiger charge is 2.35. The lowest BCUT2D eigenvalue weighted by Gasteiger charge is -2.33. The van der Waals surface area contributed by atoms with Crippen LogP contribution in [-0.2, 0) is 9.53 Å². The van der Waals surface area contributed by atoms with Crippen LogP contribution in [0.3, 0.4) is 0 Å². The topological polar surface area (TPSA) is 54.5 Å². The molecule has 32 heavy (non-hydrogen) atoms. The second-order valence-corrected chi connectivity index (χ2v) is 7.68. The molecule has 3 rings (SSSR count). The lowest BCUT2D eigenvalue weighted by molar-refractivity contribution is -0.137. The molecule has 0 radical (unpaired) electrons. The van der Waals surface area contributed by atoms with Gasteiger partial charge in [-0.05, 0) is 38.6 Å². The van der Waals surface area contributed by atoms with Gasteiger partial charge >= 0.3 is 12.1 Å². The molecule has 1 aromatic heterocycles. The van der Waals surface area contributed by atoms with Crippen LogP contribution in [0.25, 0.3) is 22.4 Å². The number of hydrogen-bond donors (Lipinski definition) is 1. The third kappa shape index (κ3) is 5.45. The Labute approximate surface area is 183 Å². The molecule has 2 atom stereocenters. The molecule has 1 fully saturated rings. The third-order valence-electron chi connectivity index (χ3n) is 5.28. The molecular formula is C23H25F4N3O2. The molecule has 0 saturated carbocycles. The van der Waals surface area contributed by atoms with Crippen LogP contribution in [0.2, 0.25) is 0 Å². The van der Waals surface area contributed by atoms with E-state index in [4.69, 9.17) is 4.74 Å². The second kappa shape index (κ2) is 9.68. The van der Waals surface area contributed by atoms with Crippen molar-refractivity contribution >= 4 is 34.1 Å².